The van der Waals surface area contributed by atoms with Gasteiger partial charge >= 0.3 is 0 Å². The van der Waals surface area contributed by atoms with E-state index in [1.807, 2.05) is 22.6 Å². The van der Waals surface area contributed by atoms with Gasteiger partial charge in [-0.1, -0.05) is 0 Å². The van der Waals surface area contributed by atoms with Crippen LogP contribution in [0.15, 0.2) is 35.3 Å². The molecule has 2 aromatic rings. The number of halogens is 2. The number of nitrogens with one attached hydrogen (secondary N) is 2. The summed E-state index contributed by atoms with van der Waals surface area (Å²) in [5, 5.41) is 2.58. The van der Waals surface area contributed by atoms with Gasteiger partial charge in [0.15, 0.2) is 5.43 Å². The van der Waals surface area contributed by atoms with Crippen molar-refractivity contribution in [2.75, 3.05) is 5.32 Å². The number of aromatic amines is 1. The van der Waals surface area contributed by atoms with Crippen LogP contribution in [0.4, 0.5) is 10.1 Å². The van der Waals surface area contributed by atoms with E-state index in [1.165, 1.54) is 30.5 Å². The molecule has 19 heavy (non-hydrogen) atoms. The highest BCUT2D eigenvalue weighted by Gasteiger charge is 2.12. The highest BCUT2D eigenvalue weighted by molar-refractivity contribution is 14.1. The second kappa shape index (κ2) is 5.52. The lowest BCUT2D eigenvalue weighted by Gasteiger charge is -2.07. The minimum atomic E-state index is -0.522. The third-order valence-electron chi connectivity index (χ3n) is 2.48. The predicted octanol–water partition coefficient (Wildman–Crippen LogP) is 2.68. The molecule has 0 fully saturated rings. The molecule has 98 valence electrons. The number of anilines is 1. The number of amides is 1. The molecule has 1 aromatic carbocycles. The van der Waals surface area contributed by atoms with Crippen LogP contribution < -0.4 is 10.7 Å². The lowest BCUT2D eigenvalue weighted by atomic mass is 10.2. The lowest BCUT2D eigenvalue weighted by Crippen LogP contribution is -2.22. The Morgan fingerprint density at radius 3 is 2.74 bits per heavy atom. The molecule has 1 amide bonds. The lowest BCUT2D eigenvalue weighted by molar-refractivity contribution is 0.102. The van der Waals surface area contributed by atoms with E-state index in [1.54, 1.807) is 6.92 Å². The summed E-state index contributed by atoms with van der Waals surface area (Å²) in [6.45, 7) is 1.73. The normalized spacial score (nSPS) is 10.3. The van der Waals surface area contributed by atoms with Crippen LogP contribution in [0.3, 0.4) is 0 Å². The smallest absolute Gasteiger partial charge is 0.261 e. The van der Waals surface area contributed by atoms with Crippen molar-refractivity contribution in [2.24, 2.45) is 0 Å². The quantitative estimate of drug-likeness (QED) is 0.797. The first-order chi connectivity index (χ1) is 8.97. The molecule has 0 saturated carbocycles. The Kier molecular flexibility index (Phi) is 3.98. The Bertz CT molecular complexity index is 697. The number of hydrogen-bond acceptors (Lipinski definition) is 2. The Balaban J connectivity index is 2.28. The molecule has 0 unspecified atom stereocenters. The van der Waals surface area contributed by atoms with E-state index < -0.39 is 5.91 Å². The van der Waals surface area contributed by atoms with Gasteiger partial charge in [0.05, 0.1) is 5.69 Å². The van der Waals surface area contributed by atoms with Crippen LogP contribution in [0.25, 0.3) is 0 Å². The van der Waals surface area contributed by atoms with Crippen LogP contribution in [0.2, 0.25) is 0 Å². The van der Waals surface area contributed by atoms with E-state index in [4.69, 9.17) is 0 Å². The summed E-state index contributed by atoms with van der Waals surface area (Å²) in [6.07, 6.45) is 1.36. The number of carbonyl (C=O) groups is 1. The largest absolute Gasteiger partial charge is 0.364 e. The average Bonchev–Trinajstić information content (AvgIpc) is 2.32. The molecule has 2 rings (SSSR count). The van der Waals surface area contributed by atoms with Crippen LogP contribution in [0.1, 0.15) is 16.1 Å². The summed E-state index contributed by atoms with van der Waals surface area (Å²) >= 11 is 1.91. The van der Waals surface area contributed by atoms with Crippen molar-refractivity contribution in [3.05, 3.63) is 61.3 Å². The first-order valence-electron chi connectivity index (χ1n) is 5.43. The summed E-state index contributed by atoms with van der Waals surface area (Å²) in [4.78, 5) is 26.4. The highest BCUT2D eigenvalue weighted by atomic mass is 127. The molecule has 0 radical (unpaired) electrons. The number of benzene rings is 1. The number of pyridine rings is 1. The van der Waals surface area contributed by atoms with E-state index >= 15 is 0 Å². The summed E-state index contributed by atoms with van der Waals surface area (Å²) < 4.78 is 13.5. The first-order valence-corrected chi connectivity index (χ1v) is 6.51. The van der Waals surface area contributed by atoms with Gasteiger partial charge in [0.2, 0.25) is 0 Å². The maximum Gasteiger partial charge on any atom is 0.261 e. The van der Waals surface area contributed by atoms with Crippen molar-refractivity contribution in [1.82, 2.24) is 4.98 Å². The number of rotatable bonds is 2. The molecule has 2 N–H and O–H groups in total. The van der Waals surface area contributed by atoms with E-state index in [0.29, 0.717) is 15.0 Å². The molecule has 0 saturated heterocycles. The van der Waals surface area contributed by atoms with Crippen LogP contribution in [-0.2, 0) is 0 Å². The van der Waals surface area contributed by atoms with Crippen molar-refractivity contribution in [3.8, 4) is 0 Å². The van der Waals surface area contributed by atoms with Crippen LogP contribution >= 0.6 is 22.6 Å². The molecule has 0 atom stereocenters. The second-order valence-electron chi connectivity index (χ2n) is 3.97. The van der Waals surface area contributed by atoms with Crippen molar-refractivity contribution >= 4 is 34.2 Å². The molecular formula is C13H10FIN2O2. The first kappa shape index (κ1) is 13.7. The zero-order valence-corrected chi connectivity index (χ0v) is 12.1. The van der Waals surface area contributed by atoms with Gasteiger partial charge in [0.25, 0.3) is 5.91 Å². The highest BCUT2D eigenvalue weighted by Crippen LogP contribution is 2.19. The van der Waals surface area contributed by atoms with Crippen molar-refractivity contribution < 1.29 is 9.18 Å². The Hall–Kier alpha value is -1.70. The monoisotopic (exact) mass is 372 g/mol. The minimum Gasteiger partial charge on any atom is -0.364 e. The van der Waals surface area contributed by atoms with Crippen molar-refractivity contribution in [1.29, 1.82) is 0 Å². The fourth-order valence-corrected chi connectivity index (χ4v) is 2.14. The molecule has 4 nitrogen and oxygen atoms in total. The third-order valence-corrected chi connectivity index (χ3v) is 3.37. The Morgan fingerprint density at radius 1 is 1.37 bits per heavy atom. The number of carbonyl (C=O) groups excluding carboxylic acids is 1. The van der Waals surface area contributed by atoms with Crippen molar-refractivity contribution in [2.45, 2.75) is 6.92 Å². The summed E-state index contributed by atoms with van der Waals surface area (Å²) in [5.41, 5.74) is 0.807. The van der Waals surface area contributed by atoms with Gasteiger partial charge < -0.3 is 10.3 Å². The van der Waals surface area contributed by atoms with Gasteiger partial charge in [-0.25, -0.2) is 4.39 Å². The van der Waals surface area contributed by atoms with Gasteiger partial charge in [-0.05, 0) is 47.7 Å². The van der Waals surface area contributed by atoms with Gasteiger partial charge in [0, 0.05) is 21.5 Å². The van der Waals surface area contributed by atoms with Gasteiger partial charge in [-0.2, -0.15) is 0 Å². The molecule has 0 spiro atoms. The average molecular weight is 372 g/mol. The topological polar surface area (TPSA) is 62.0 Å². The standard InChI is InChI=1S/C13H10FIN2O2/c1-7-4-12(18)9(6-16-7)13(19)17-11-3-2-8(14)5-10(11)15/h2-6H,1H3,(H,16,18)(H,17,19). The fraction of sp³-hybridized carbons (Fsp3) is 0.0769. The molecule has 1 heterocycles. The fourth-order valence-electron chi connectivity index (χ4n) is 1.53. The van der Waals surface area contributed by atoms with Gasteiger partial charge in [-0.3, -0.25) is 9.59 Å². The Morgan fingerprint density at radius 2 is 2.11 bits per heavy atom. The van der Waals surface area contributed by atoms with Crippen molar-refractivity contribution in [3.63, 3.8) is 0 Å². The summed E-state index contributed by atoms with van der Waals surface area (Å²) in [7, 11) is 0. The SMILES string of the molecule is Cc1cc(=O)c(C(=O)Nc2ccc(F)cc2I)c[nH]1. The molecular weight excluding hydrogens is 362 g/mol. The van der Waals surface area contributed by atoms with Crippen LogP contribution in [0, 0.1) is 16.3 Å². The van der Waals surface area contributed by atoms with Gasteiger partial charge in [-0.15, -0.1) is 0 Å². The van der Waals surface area contributed by atoms with Gasteiger partial charge in [0.1, 0.15) is 11.4 Å². The number of H-pyrrole nitrogens is 1. The summed E-state index contributed by atoms with van der Waals surface area (Å²) in [6, 6.07) is 5.36. The molecule has 0 bridgehead atoms. The van der Waals surface area contributed by atoms with Crippen LogP contribution in [-0.4, -0.2) is 10.9 Å². The van der Waals surface area contributed by atoms with E-state index in [2.05, 4.69) is 10.3 Å². The minimum absolute atomic E-state index is 0.0192. The Labute approximate surface area is 122 Å². The molecule has 0 aliphatic carbocycles. The third kappa shape index (κ3) is 3.19. The predicted molar refractivity (Wildman–Crippen MR) is 78.9 cm³/mol. The van der Waals surface area contributed by atoms with E-state index in [-0.39, 0.29) is 16.8 Å². The zero-order chi connectivity index (χ0) is 14.0. The van der Waals surface area contributed by atoms with Crippen LogP contribution in [0.5, 0.6) is 0 Å². The number of aromatic nitrogens is 1. The molecule has 0 aliphatic heterocycles. The number of hydrogen-bond donors (Lipinski definition) is 2. The maximum absolute atomic E-state index is 12.9. The molecule has 6 heteroatoms. The maximum atomic E-state index is 12.9. The molecule has 0 aliphatic rings. The number of aryl methyl sites for hydroxylation is 1. The summed E-state index contributed by atoms with van der Waals surface area (Å²) in [5.74, 6) is -0.902. The second-order valence-corrected chi connectivity index (χ2v) is 5.13. The van der Waals surface area contributed by atoms with E-state index in [0.717, 1.165) is 0 Å². The van der Waals surface area contributed by atoms with E-state index in [9.17, 15) is 14.0 Å². The zero-order valence-electron chi connectivity index (χ0n) is 9.96. The molecule has 1 aromatic heterocycles.